The Labute approximate surface area is 176 Å². The van der Waals surface area contributed by atoms with E-state index in [2.05, 4.69) is 25.6 Å². The van der Waals surface area contributed by atoms with E-state index in [9.17, 15) is 9.59 Å². The number of anilines is 1. The molecular weight excluding hydrogens is 400 g/mol. The van der Waals surface area contributed by atoms with E-state index in [1.54, 1.807) is 36.2 Å². The van der Waals surface area contributed by atoms with Crippen LogP contribution in [-0.2, 0) is 6.54 Å². The number of aromatic nitrogens is 4. The molecule has 10 nitrogen and oxygen atoms in total. The Balaban J connectivity index is 1.51. The average molecular weight is 418 g/mol. The smallest absolute Gasteiger partial charge is 0.410 e. The summed E-state index contributed by atoms with van der Waals surface area (Å²) in [4.78, 5) is 35.7. The summed E-state index contributed by atoms with van der Waals surface area (Å²) in [7, 11) is 1.60. The van der Waals surface area contributed by atoms with Gasteiger partial charge in [-0.1, -0.05) is 12.1 Å². The van der Waals surface area contributed by atoms with Gasteiger partial charge >= 0.3 is 6.09 Å². The number of carboxylic acid groups (broad SMARTS) is 1. The van der Waals surface area contributed by atoms with Crippen molar-refractivity contribution in [2.24, 2.45) is 0 Å². The quantitative estimate of drug-likeness (QED) is 0.439. The molecule has 0 aliphatic rings. The van der Waals surface area contributed by atoms with Gasteiger partial charge in [-0.2, -0.15) is 0 Å². The highest BCUT2D eigenvalue weighted by Gasteiger charge is 2.12. The Morgan fingerprint density at radius 2 is 1.87 bits per heavy atom. The summed E-state index contributed by atoms with van der Waals surface area (Å²) in [5.74, 6) is 1.12. The highest BCUT2D eigenvalue weighted by molar-refractivity contribution is 5.97. The predicted molar refractivity (Wildman–Crippen MR) is 112 cm³/mol. The van der Waals surface area contributed by atoms with Gasteiger partial charge in [0.2, 0.25) is 0 Å². The maximum absolute atomic E-state index is 12.6. The zero-order chi connectivity index (χ0) is 21.8. The lowest BCUT2D eigenvalue weighted by Gasteiger charge is -2.07. The third kappa shape index (κ3) is 4.42. The van der Waals surface area contributed by atoms with Crippen molar-refractivity contribution in [3.05, 3.63) is 72.3 Å². The second-order valence-electron chi connectivity index (χ2n) is 6.54. The van der Waals surface area contributed by atoms with Gasteiger partial charge in [0, 0.05) is 18.2 Å². The maximum atomic E-state index is 12.6. The summed E-state index contributed by atoms with van der Waals surface area (Å²) in [6.07, 6.45) is 1.59. The summed E-state index contributed by atoms with van der Waals surface area (Å²) in [6.45, 7) is 0.385. The Hall–Kier alpha value is -4.47. The molecule has 0 atom stereocenters. The van der Waals surface area contributed by atoms with Crippen molar-refractivity contribution in [2.75, 3.05) is 12.4 Å². The van der Waals surface area contributed by atoms with E-state index in [1.165, 1.54) is 12.4 Å². The number of benzene rings is 2. The SMILES string of the molecule is COc1ccc(CNC(=O)c2ccc3c(c2)ncn3-c2cc(NC(=O)O)ncn2)cc1. The molecule has 0 saturated carbocycles. The number of carbonyl (C=O) groups is 2. The van der Waals surface area contributed by atoms with Crippen LogP contribution in [0.1, 0.15) is 15.9 Å². The van der Waals surface area contributed by atoms with Crippen LogP contribution in [0.15, 0.2) is 61.2 Å². The van der Waals surface area contributed by atoms with E-state index in [0.717, 1.165) is 11.3 Å². The summed E-state index contributed by atoms with van der Waals surface area (Å²) < 4.78 is 6.81. The standard InChI is InChI=1S/C21H18N6O4/c1-31-15-5-2-13(3-6-15)10-22-20(28)14-4-7-17-16(8-14)25-12-27(17)19-9-18(23-11-24-19)26-21(29)30/h2-9,11-12H,10H2,1H3,(H,22,28)(H,29,30)(H,23,24,26). The Morgan fingerprint density at radius 3 is 2.61 bits per heavy atom. The molecule has 0 bridgehead atoms. The van der Waals surface area contributed by atoms with Crippen molar-refractivity contribution < 1.29 is 19.4 Å². The van der Waals surface area contributed by atoms with Crippen LogP contribution in [0.25, 0.3) is 16.9 Å². The van der Waals surface area contributed by atoms with Crippen LogP contribution in [0.3, 0.4) is 0 Å². The Kier molecular flexibility index (Phi) is 5.43. The third-order valence-electron chi connectivity index (χ3n) is 4.56. The minimum atomic E-state index is -1.22. The topological polar surface area (TPSA) is 131 Å². The van der Waals surface area contributed by atoms with Gasteiger partial charge in [0.15, 0.2) is 0 Å². The van der Waals surface area contributed by atoms with Gasteiger partial charge in [-0.25, -0.2) is 19.7 Å². The van der Waals surface area contributed by atoms with Gasteiger partial charge < -0.3 is 15.2 Å². The van der Waals surface area contributed by atoms with Crippen LogP contribution >= 0.6 is 0 Å². The second-order valence-corrected chi connectivity index (χ2v) is 6.54. The fourth-order valence-electron chi connectivity index (χ4n) is 3.02. The molecule has 2 amide bonds. The molecule has 0 unspecified atom stereocenters. The number of hydrogen-bond donors (Lipinski definition) is 3. The van der Waals surface area contributed by atoms with E-state index >= 15 is 0 Å². The molecule has 4 rings (SSSR count). The molecule has 0 spiro atoms. The fourth-order valence-corrected chi connectivity index (χ4v) is 3.02. The first-order chi connectivity index (χ1) is 15.0. The number of hydrogen-bond acceptors (Lipinski definition) is 6. The van der Waals surface area contributed by atoms with E-state index < -0.39 is 6.09 Å². The zero-order valence-corrected chi connectivity index (χ0v) is 16.4. The van der Waals surface area contributed by atoms with Crippen molar-refractivity contribution in [1.29, 1.82) is 0 Å². The molecule has 10 heteroatoms. The summed E-state index contributed by atoms with van der Waals surface area (Å²) in [6, 6.07) is 14.1. The lowest BCUT2D eigenvalue weighted by Crippen LogP contribution is -2.22. The van der Waals surface area contributed by atoms with Gasteiger partial charge in [-0.15, -0.1) is 0 Å². The number of fused-ring (bicyclic) bond motifs is 1. The number of imidazole rings is 1. The zero-order valence-electron chi connectivity index (χ0n) is 16.4. The minimum Gasteiger partial charge on any atom is -0.497 e. The molecule has 2 aromatic carbocycles. The van der Waals surface area contributed by atoms with Crippen molar-refractivity contribution in [3.63, 3.8) is 0 Å². The number of rotatable bonds is 6. The van der Waals surface area contributed by atoms with Crippen molar-refractivity contribution in [3.8, 4) is 11.6 Å². The lowest BCUT2D eigenvalue weighted by atomic mass is 10.1. The van der Waals surface area contributed by atoms with Crippen LogP contribution in [0, 0.1) is 0 Å². The molecule has 0 fully saturated rings. The molecule has 0 radical (unpaired) electrons. The third-order valence-corrected chi connectivity index (χ3v) is 4.56. The highest BCUT2D eigenvalue weighted by atomic mass is 16.5. The average Bonchev–Trinajstić information content (AvgIpc) is 3.21. The van der Waals surface area contributed by atoms with E-state index in [1.807, 2.05) is 24.3 Å². The number of amides is 2. The van der Waals surface area contributed by atoms with Gasteiger partial charge in [0.05, 0.1) is 18.1 Å². The minimum absolute atomic E-state index is 0.147. The lowest BCUT2D eigenvalue weighted by molar-refractivity contribution is 0.0951. The van der Waals surface area contributed by atoms with Crippen molar-refractivity contribution in [2.45, 2.75) is 6.54 Å². The van der Waals surface area contributed by atoms with Crippen LogP contribution in [0.2, 0.25) is 0 Å². The first-order valence-electron chi connectivity index (χ1n) is 9.24. The van der Waals surface area contributed by atoms with Crippen LogP contribution in [0.5, 0.6) is 5.75 Å². The van der Waals surface area contributed by atoms with E-state index in [4.69, 9.17) is 9.84 Å². The number of ether oxygens (including phenoxy) is 1. The molecular formula is C21H18N6O4. The number of methoxy groups -OCH3 is 1. The summed E-state index contributed by atoms with van der Waals surface area (Å²) in [5.41, 5.74) is 2.74. The van der Waals surface area contributed by atoms with Crippen molar-refractivity contribution in [1.82, 2.24) is 24.8 Å². The fraction of sp³-hybridized carbons (Fsp3) is 0.0952. The first kappa shape index (κ1) is 19.8. The van der Waals surface area contributed by atoms with Crippen LogP contribution in [-0.4, -0.2) is 43.7 Å². The molecule has 0 aliphatic carbocycles. The maximum Gasteiger partial charge on any atom is 0.410 e. The number of nitrogens with zero attached hydrogens (tertiary/aromatic N) is 4. The second kappa shape index (κ2) is 8.49. The number of nitrogens with one attached hydrogen (secondary N) is 2. The van der Waals surface area contributed by atoms with Crippen LogP contribution < -0.4 is 15.4 Å². The highest BCUT2D eigenvalue weighted by Crippen LogP contribution is 2.20. The monoisotopic (exact) mass is 418 g/mol. The molecule has 4 aromatic rings. The Bertz CT molecular complexity index is 1250. The van der Waals surface area contributed by atoms with Crippen LogP contribution in [0.4, 0.5) is 10.6 Å². The first-order valence-corrected chi connectivity index (χ1v) is 9.24. The Morgan fingerprint density at radius 1 is 1.06 bits per heavy atom. The molecule has 156 valence electrons. The largest absolute Gasteiger partial charge is 0.497 e. The summed E-state index contributed by atoms with van der Waals surface area (Å²) in [5, 5.41) is 13.9. The molecule has 0 saturated heterocycles. The predicted octanol–water partition coefficient (Wildman–Crippen LogP) is 2.84. The van der Waals surface area contributed by atoms with Gasteiger partial charge in [-0.3, -0.25) is 14.7 Å². The van der Waals surface area contributed by atoms with Crippen molar-refractivity contribution >= 4 is 28.9 Å². The molecule has 3 N–H and O–H groups in total. The molecule has 0 aliphatic heterocycles. The van der Waals surface area contributed by atoms with E-state index in [0.29, 0.717) is 29.0 Å². The van der Waals surface area contributed by atoms with E-state index in [-0.39, 0.29) is 11.7 Å². The van der Waals surface area contributed by atoms with Gasteiger partial charge in [0.25, 0.3) is 5.91 Å². The molecule has 2 aromatic heterocycles. The molecule has 2 heterocycles. The van der Waals surface area contributed by atoms with Gasteiger partial charge in [0.1, 0.15) is 30.0 Å². The summed E-state index contributed by atoms with van der Waals surface area (Å²) >= 11 is 0. The normalized spacial score (nSPS) is 10.6. The van der Waals surface area contributed by atoms with Gasteiger partial charge in [-0.05, 0) is 35.9 Å². The molecule has 31 heavy (non-hydrogen) atoms. The number of carbonyl (C=O) groups excluding carboxylic acids is 1.